The summed E-state index contributed by atoms with van der Waals surface area (Å²) in [5.74, 6) is -1.65. The van der Waals surface area contributed by atoms with Crippen molar-refractivity contribution in [3.8, 4) is 0 Å². The SMILES string of the molecule is CCC(Cc1cn[nH]n1)c1cccc(F)c1F. The molecule has 1 N–H and O–H groups in total. The molecule has 0 aliphatic carbocycles. The predicted octanol–water partition coefficient (Wildman–Crippen LogP) is 2.82. The zero-order valence-electron chi connectivity index (χ0n) is 9.45. The highest BCUT2D eigenvalue weighted by Crippen LogP contribution is 2.26. The molecule has 0 bridgehead atoms. The molecule has 2 aromatic rings. The number of hydrogen-bond donors (Lipinski definition) is 1. The molecule has 0 amide bonds. The number of nitrogens with zero attached hydrogens (tertiary/aromatic N) is 2. The highest BCUT2D eigenvalue weighted by atomic mass is 19.2. The first kappa shape index (κ1) is 11.7. The lowest BCUT2D eigenvalue weighted by Crippen LogP contribution is -2.06. The average molecular weight is 237 g/mol. The van der Waals surface area contributed by atoms with Gasteiger partial charge in [0.1, 0.15) is 0 Å². The van der Waals surface area contributed by atoms with Gasteiger partial charge in [-0.2, -0.15) is 15.4 Å². The van der Waals surface area contributed by atoms with E-state index >= 15 is 0 Å². The van der Waals surface area contributed by atoms with Crippen LogP contribution in [0.15, 0.2) is 24.4 Å². The number of aromatic nitrogens is 3. The summed E-state index contributed by atoms with van der Waals surface area (Å²) in [6.45, 7) is 1.94. The van der Waals surface area contributed by atoms with Gasteiger partial charge in [-0.05, 0) is 24.0 Å². The largest absolute Gasteiger partial charge is 0.204 e. The summed E-state index contributed by atoms with van der Waals surface area (Å²) in [5, 5.41) is 10.1. The lowest BCUT2D eigenvalue weighted by molar-refractivity contribution is 0.482. The van der Waals surface area contributed by atoms with Crippen LogP contribution in [0.5, 0.6) is 0 Å². The molecule has 5 heteroatoms. The summed E-state index contributed by atoms with van der Waals surface area (Å²) in [5.41, 5.74) is 1.15. The molecule has 0 aliphatic rings. The molecule has 1 heterocycles. The van der Waals surface area contributed by atoms with Gasteiger partial charge in [-0.1, -0.05) is 19.1 Å². The van der Waals surface area contributed by atoms with Crippen LogP contribution in [0.3, 0.4) is 0 Å². The highest BCUT2D eigenvalue weighted by molar-refractivity contribution is 5.24. The molecule has 0 spiro atoms. The van der Waals surface area contributed by atoms with Gasteiger partial charge in [0.2, 0.25) is 0 Å². The van der Waals surface area contributed by atoms with Gasteiger partial charge in [-0.3, -0.25) is 0 Å². The Morgan fingerprint density at radius 3 is 2.82 bits per heavy atom. The van der Waals surface area contributed by atoms with Crippen molar-refractivity contribution in [2.45, 2.75) is 25.7 Å². The van der Waals surface area contributed by atoms with Crippen molar-refractivity contribution in [3.63, 3.8) is 0 Å². The second-order valence-electron chi connectivity index (χ2n) is 3.91. The van der Waals surface area contributed by atoms with Crippen molar-refractivity contribution in [1.29, 1.82) is 0 Å². The normalized spacial score (nSPS) is 12.6. The van der Waals surface area contributed by atoms with Gasteiger partial charge >= 0.3 is 0 Å². The Labute approximate surface area is 97.9 Å². The molecule has 0 aliphatic heterocycles. The van der Waals surface area contributed by atoms with Gasteiger partial charge in [0.15, 0.2) is 11.6 Å². The zero-order valence-corrected chi connectivity index (χ0v) is 9.45. The van der Waals surface area contributed by atoms with E-state index in [2.05, 4.69) is 15.4 Å². The maximum absolute atomic E-state index is 13.6. The van der Waals surface area contributed by atoms with Crippen LogP contribution in [0.4, 0.5) is 8.78 Å². The van der Waals surface area contributed by atoms with Crippen molar-refractivity contribution in [1.82, 2.24) is 15.4 Å². The fourth-order valence-corrected chi connectivity index (χ4v) is 1.89. The van der Waals surface area contributed by atoms with Crippen LogP contribution in [0.2, 0.25) is 0 Å². The molecule has 0 fully saturated rings. The van der Waals surface area contributed by atoms with E-state index < -0.39 is 11.6 Å². The lowest BCUT2D eigenvalue weighted by atomic mass is 9.91. The predicted molar refractivity (Wildman–Crippen MR) is 59.5 cm³/mol. The van der Waals surface area contributed by atoms with Crippen LogP contribution >= 0.6 is 0 Å². The van der Waals surface area contributed by atoms with E-state index in [0.717, 1.165) is 11.8 Å². The van der Waals surface area contributed by atoms with E-state index in [-0.39, 0.29) is 5.92 Å². The fraction of sp³-hybridized carbons (Fsp3) is 0.333. The Hall–Kier alpha value is -1.78. The molecule has 2 rings (SSSR count). The molecule has 1 aromatic carbocycles. The Balaban J connectivity index is 2.26. The number of rotatable bonds is 4. The van der Waals surface area contributed by atoms with Gasteiger partial charge in [0.05, 0.1) is 11.9 Å². The van der Waals surface area contributed by atoms with Gasteiger partial charge in [-0.25, -0.2) is 8.78 Å². The molecule has 0 saturated carbocycles. The zero-order chi connectivity index (χ0) is 12.3. The Morgan fingerprint density at radius 2 is 2.18 bits per heavy atom. The summed E-state index contributed by atoms with van der Waals surface area (Å²) in [7, 11) is 0. The summed E-state index contributed by atoms with van der Waals surface area (Å²) in [6, 6.07) is 4.27. The molecule has 1 aromatic heterocycles. The van der Waals surface area contributed by atoms with Crippen LogP contribution in [0, 0.1) is 11.6 Å². The third-order valence-corrected chi connectivity index (χ3v) is 2.83. The topological polar surface area (TPSA) is 41.6 Å². The number of H-pyrrole nitrogens is 1. The first-order chi connectivity index (χ1) is 8.22. The second-order valence-corrected chi connectivity index (χ2v) is 3.91. The number of aromatic amines is 1. The van der Waals surface area contributed by atoms with E-state index in [1.54, 1.807) is 12.3 Å². The maximum atomic E-state index is 13.6. The molecular weight excluding hydrogens is 224 g/mol. The molecule has 1 unspecified atom stereocenters. The van der Waals surface area contributed by atoms with Crippen molar-refractivity contribution in [3.05, 3.63) is 47.3 Å². The average Bonchev–Trinajstić information content (AvgIpc) is 2.83. The molecule has 0 saturated heterocycles. The van der Waals surface area contributed by atoms with Crippen molar-refractivity contribution in [2.75, 3.05) is 0 Å². The quantitative estimate of drug-likeness (QED) is 0.888. The highest BCUT2D eigenvalue weighted by Gasteiger charge is 2.18. The summed E-state index contributed by atoms with van der Waals surface area (Å²) in [4.78, 5) is 0. The standard InChI is InChI=1S/C12H13F2N3/c1-2-8(6-9-7-15-17-16-9)10-4-3-5-11(13)12(10)14/h3-5,7-8H,2,6H2,1H3,(H,15,16,17). The van der Waals surface area contributed by atoms with Gasteiger partial charge in [-0.15, -0.1) is 0 Å². The molecule has 1 atom stereocenters. The van der Waals surface area contributed by atoms with E-state index in [4.69, 9.17) is 0 Å². The van der Waals surface area contributed by atoms with E-state index in [0.29, 0.717) is 18.4 Å². The van der Waals surface area contributed by atoms with E-state index in [1.165, 1.54) is 6.07 Å². The first-order valence-corrected chi connectivity index (χ1v) is 5.51. The monoisotopic (exact) mass is 237 g/mol. The molecular formula is C12H13F2N3. The van der Waals surface area contributed by atoms with Crippen LogP contribution in [-0.4, -0.2) is 15.4 Å². The molecule has 0 radical (unpaired) electrons. The second kappa shape index (κ2) is 5.03. The third kappa shape index (κ3) is 2.49. The minimum Gasteiger partial charge on any atom is -0.204 e. The van der Waals surface area contributed by atoms with Crippen LogP contribution < -0.4 is 0 Å². The summed E-state index contributed by atoms with van der Waals surface area (Å²) < 4.78 is 26.8. The summed E-state index contributed by atoms with van der Waals surface area (Å²) in [6.07, 6.45) is 2.86. The minimum absolute atomic E-state index is 0.0872. The summed E-state index contributed by atoms with van der Waals surface area (Å²) >= 11 is 0. The van der Waals surface area contributed by atoms with E-state index in [9.17, 15) is 8.78 Å². The van der Waals surface area contributed by atoms with Gasteiger partial charge in [0, 0.05) is 6.42 Å². The smallest absolute Gasteiger partial charge is 0.162 e. The number of hydrogen-bond acceptors (Lipinski definition) is 2. The third-order valence-electron chi connectivity index (χ3n) is 2.83. The Morgan fingerprint density at radius 1 is 1.35 bits per heavy atom. The maximum Gasteiger partial charge on any atom is 0.162 e. The lowest BCUT2D eigenvalue weighted by Gasteiger charge is -2.14. The van der Waals surface area contributed by atoms with Gasteiger partial charge < -0.3 is 0 Å². The van der Waals surface area contributed by atoms with Crippen molar-refractivity contribution >= 4 is 0 Å². The molecule has 3 nitrogen and oxygen atoms in total. The molecule has 17 heavy (non-hydrogen) atoms. The van der Waals surface area contributed by atoms with Crippen LogP contribution in [-0.2, 0) is 6.42 Å². The molecule has 90 valence electrons. The number of halogens is 2. The Bertz CT molecular complexity index is 483. The van der Waals surface area contributed by atoms with E-state index in [1.807, 2.05) is 6.92 Å². The minimum atomic E-state index is -0.805. The van der Waals surface area contributed by atoms with Crippen molar-refractivity contribution in [2.24, 2.45) is 0 Å². The number of benzene rings is 1. The Kier molecular flexibility index (Phi) is 3.46. The first-order valence-electron chi connectivity index (χ1n) is 5.51. The fourth-order valence-electron chi connectivity index (χ4n) is 1.89. The van der Waals surface area contributed by atoms with Crippen molar-refractivity contribution < 1.29 is 8.78 Å². The van der Waals surface area contributed by atoms with Crippen LogP contribution in [0.1, 0.15) is 30.5 Å². The van der Waals surface area contributed by atoms with Crippen LogP contribution in [0.25, 0.3) is 0 Å². The van der Waals surface area contributed by atoms with Gasteiger partial charge in [0.25, 0.3) is 0 Å². The number of nitrogens with one attached hydrogen (secondary N) is 1.